The van der Waals surface area contributed by atoms with E-state index in [1.807, 2.05) is 38.1 Å². The molecule has 6 heteroatoms. The fraction of sp³-hybridized carbons (Fsp3) is 0.407. The first-order valence-corrected chi connectivity index (χ1v) is 11.6. The summed E-state index contributed by atoms with van der Waals surface area (Å²) < 4.78 is 11.0. The van der Waals surface area contributed by atoms with E-state index in [2.05, 4.69) is 18.7 Å². The number of hydrogen-bond donors (Lipinski definition) is 0. The van der Waals surface area contributed by atoms with Crippen LogP contribution in [0.3, 0.4) is 0 Å². The van der Waals surface area contributed by atoms with E-state index in [1.165, 1.54) is 4.90 Å². The van der Waals surface area contributed by atoms with Crippen LogP contribution in [0.4, 0.5) is 5.69 Å². The number of amides is 2. The van der Waals surface area contributed by atoms with Gasteiger partial charge in [-0.1, -0.05) is 26.0 Å². The molecule has 1 saturated heterocycles. The summed E-state index contributed by atoms with van der Waals surface area (Å²) in [5.41, 5.74) is 2.20. The summed E-state index contributed by atoms with van der Waals surface area (Å²) in [4.78, 5) is 30.9. The molecule has 0 aliphatic carbocycles. The molecule has 4 rings (SSSR count). The molecule has 2 amide bonds. The topological polar surface area (TPSA) is 59.1 Å². The molecule has 2 aliphatic heterocycles. The Morgan fingerprint density at radius 1 is 0.848 bits per heavy atom. The van der Waals surface area contributed by atoms with Crippen LogP contribution in [0.25, 0.3) is 5.57 Å². The van der Waals surface area contributed by atoms with Gasteiger partial charge in [0.05, 0.1) is 24.5 Å². The van der Waals surface area contributed by atoms with Crippen LogP contribution in [-0.2, 0) is 9.59 Å². The first kappa shape index (κ1) is 22.9. The second kappa shape index (κ2) is 9.30. The molecule has 2 heterocycles. The minimum absolute atomic E-state index is 0.0453. The van der Waals surface area contributed by atoms with Gasteiger partial charge in [0.15, 0.2) is 0 Å². The minimum Gasteiger partial charge on any atom is -0.497 e. The first-order valence-electron chi connectivity index (χ1n) is 11.6. The molecule has 6 nitrogen and oxygen atoms in total. The third-order valence-corrected chi connectivity index (χ3v) is 6.09. The smallest absolute Gasteiger partial charge is 0.282 e. The van der Waals surface area contributed by atoms with Crippen molar-refractivity contribution in [2.75, 3.05) is 25.1 Å². The van der Waals surface area contributed by atoms with Gasteiger partial charge >= 0.3 is 0 Å². The van der Waals surface area contributed by atoms with Crippen LogP contribution in [0.5, 0.6) is 11.5 Å². The monoisotopic (exact) mass is 448 g/mol. The molecule has 1 fully saturated rings. The van der Waals surface area contributed by atoms with Crippen molar-refractivity contribution in [3.05, 3.63) is 59.8 Å². The number of imide groups is 1. The summed E-state index contributed by atoms with van der Waals surface area (Å²) >= 11 is 0. The van der Waals surface area contributed by atoms with Crippen molar-refractivity contribution < 1.29 is 19.1 Å². The summed E-state index contributed by atoms with van der Waals surface area (Å²) in [5.74, 6) is 1.73. The molecule has 2 aliphatic rings. The second-order valence-corrected chi connectivity index (χ2v) is 9.41. The molecule has 0 N–H and O–H groups in total. The van der Waals surface area contributed by atoms with E-state index in [0.717, 1.165) is 25.1 Å². The largest absolute Gasteiger partial charge is 0.497 e. The maximum Gasteiger partial charge on any atom is 0.282 e. The summed E-state index contributed by atoms with van der Waals surface area (Å²) in [7, 11) is 1.61. The van der Waals surface area contributed by atoms with E-state index in [-0.39, 0.29) is 17.9 Å². The highest BCUT2D eigenvalue weighted by atomic mass is 16.5. The number of piperidine rings is 1. The summed E-state index contributed by atoms with van der Waals surface area (Å²) in [6.45, 7) is 9.82. The number of benzene rings is 2. The summed E-state index contributed by atoms with van der Waals surface area (Å²) in [6.07, 6.45) is 1.16. The van der Waals surface area contributed by atoms with E-state index < -0.39 is 0 Å². The van der Waals surface area contributed by atoms with E-state index in [4.69, 9.17) is 9.47 Å². The van der Waals surface area contributed by atoms with E-state index >= 15 is 0 Å². The SMILES string of the molecule is COc1ccc(C2=C(N3CC(C)CC(C)C3)C(=O)N(c3ccc(OC(C)C)cc3)C2=O)cc1. The predicted molar refractivity (Wildman–Crippen MR) is 129 cm³/mol. The van der Waals surface area contributed by atoms with Crippen LogP contribution >= 0.6 is 0 Å². The Labute approximate surface area is 195 Å². The van der Waals surface area contributed by atoms with E-state index in [1.54, 1.807) is 31.4 Å². The average Bonchev–Trinajstić information content (AvgIpc) is 3.03. The molecule has 0 spiro atoms. The maximum atomic E-state index is 13.7. The van der Waals surface area contributed by atoms with Crippen LogP contribution < -0.4 is 14.4 Å². The number of likely N-dealkylation sites (tertiary alicyclic amines) is 1. The van der Waals surface area contributed by atoms with E-state index in [0.29, 0.717) is 40.3 Å². The summed E-state index contributed by atoms with van der Waals surface area (Å²) in [5, 5.41) is 0. The maximum absolute atomic E-state index is 13.7. The molecule has 2 atom stereocenters. The van der Waals surface area contributed by atoms with Crippen LogP contribution in [-0.4, -0.2) is 43.0 Å². The quantitative estimate of drug-likeness (QED) is 0.597. The molecule has 174 valence electrons. The van der Waals surface area contributed by atoms with E-state index in [9.17, 15) is 9.59 Å². The van der Waals surface area contributed by atoms with Gasteiger partial charge in [0.2, 0.25) is 0 Å². The second-order valence-electron chi connectivity index (χ2n) is 9.41. The lowest BCUT2D eigenvalue weighted by molar-refractivity contribution is -0.120. The summed E-state index contributed by atoms with van der Waals surface area (Å²) in [6, 6.07) is 14.5. The Morgan fingerprint density at radius 3 is 1.97 bits per heavy atom. The van der Waals surface area contributed by atoms with Crippen molar-refractivity contribution in [1.29, 1.82) is 0 Å². The zero-order valence-corrected chi connectivity index (χ0v) is 20.0. The zero-order chi connectivity index (χ0) is 23.7. The van der Waals surface area contributed by atoms with Crippen molar-refractivity contribution in [1.82, 2.24) is 4.90 Å². The highest BCUT2D eigenvalue weighted by molar-refractivity contribution is 6.45. The zero-order valence-electron chi connectivity index (χ0n) is 20.0. The highest BCUT2D eigenvalue weighted by Crippen LogP contribution is 2.38. The number of hydrogen-bond acceptors (Lipinski definition) is 5. The molecule has 0 saturated carbocycles. The lowest BCUT2D eigenvalue weighted by Gasteiger charge is -2.37. The first-order chi connectivity index (χ1) is 15.8. The number of ether oxygens (including phenoxy) is 2. The fourth-order valence-corrected chi connectivity index (χ4v) is 4.86. The Balaban J connectivity index is 1.75. The van der Waals surface area contributed by atoms with Gasteiger partial charge in [-0.25, -0.2) is 4.90 Å². The van der Waals surface area contributed by atoms with Gasteiger partial charge in [-0.3, -0.25) is 9.59 Å². The van der Waals surface area contributed by atoms with Gasteiger partial charge in [-0.2, -0.15) is 0 Å². The van der Waals surface area contributed by atoms with Crippen molar-refractivity contribution >= 4 is 23.1 Å². The van der Waals surface area contributed by atoms with Gasteiger partial charge in [0, 0.05) is 13.1 Å². The molecule has 2 unspecified atom stereocenters. The third kappa shape index (κ3) is 4.61. The molecule has 2 aromatic rings. The molecule has 2 aromatic carbocycles. The Kier molecular flexibility index (Phi) is 6.45. The molecular formula is C27H32N2O4. The predicted octanol–water partition coefficient (Wildman–Crippen LogP) is 4.74. The number of rotatable bonds is 6. The van der Waals surface area contributed by atoms with Crippen LogP contribution in [0, 0.1) is 11.8 Å². The van der Waals surface area contributed by atoms with Crippen LogP contribution in [0.2, 0.25) is 0 Å². The van der Waals surface area contributed by atoms with Gasteiger partial charge in [-0.15, -0.1) is 0 Å². The van der Waals surface area contributed by atoms with Crippen molar-refractivity contribution in [2.24, 2.45) is 11.8 Å². The lowest BCUT2D eigenvalue weighted by atomic mass is 9.91. The molecule has 33 heavy (non-hydrogen) atoms. The number of carbonyl (C=O) groups is 2. The molecular weight excluding hydrogens is 416 g/mol. The lowest BCUT2D eigenvalue weighted by Crippen LogP contribution is -2.42. The van der Waals surface area contributed by atoms with Gasteiger partial charge in [0.25, 0.3) is 11.8 Å². The highest BCUT2D eigenvalue weighted by Gasteiger charge is 2.43. The Morgan fingerprint density at radius 2 is 1.42 bits per heavy atom. The average molecular weight is 449 g/mol. The fourth-order valence-electron chi connectivity index (χ4n) is 4.86. The number of methoxy groups -OCH3 is 1. The number of carbonyl (C=O) groups excluding carboxylic acids is 2. The minimum atomic E-state index is -0.302. The Hall–Kier alpha value is -3.28. The van der Waals surface area contributed by atoms with Crippen molar-refractivity contribution in [3.63, 3.8) is 0 Å². The standard InChI is InChI=1S/C27H32N2O4/c1-17(2)33-23-12-8-21(9-13-23)29-26(30)24(20-6-10-22(32-5)11-7-20)25(27(29)31)28-15-18(3)14-19(4)16-28/h6-13,17-19H,14-16H2,1-5H3. The van der Waals surface area contributed by atoms with Gasteiger partial charge < -0.3 is 14.4 Å². The van der Waals surface area contributed by atoms with Crippen molar-refractivity contribution in [2.45, 2.75) is 40.2 Å². The number of anilines is 1. The third-order valence-electron chi connectivity index (χ3n) is 6.09. The van der Waals surface area contributed by atoms with Crippen LogP contribution in [0.15, 0.2) is 54.2 Å². The molecule has 0 bridgehead atoms. The van der Waals surface area contributed by atoms with Crippen molar-refractivity contribution in [3.8, 4) is 11.5 Å². The molecule has 0 radical (unpaired) electrons. The number of nitrogens with zero attached hydrogens (tertiary/aromatic N) is 2. The Bertz CT molecular complexity index is 1050. The van der Waals surface area contributed by atoms with Crippen LogP contribution in [0.1, 0.15) is 39.7 Å². The van der Waals surface area contributed by atoms with Gasteiger partial charge in [0.1, 0.15) is 17.2 Å². The molecule has 0 aromatic heterocycles. The normalized spacial score (nSPS) is 21.3. The van der Waals surface area contributed by atoms with Gasteiger partial charge in [-0.05, 0) is 74.1 Å².